The molecule has 0 aromatic heterocycles. The van der Waals surface area contributed by atoms with Gasteiger partial charge in [0.15, 0.2) is 5.78 Å². The first-order chi connectivity index (χ1) is 7.83. The standard InChI is InChI=1S/C14H15NO/c1-2-3-9-14(16)12-6-4-8-13-11(12)7-5-10-15-13/h4,6,8,15H,5,7,9-10H2,1H3. The van der Waals surface area contributed by atoms with Gasteiger partial charge in [-0.15, -0.1) is 5.92 Å². The molecular formula is C14H15NO. The molecule has 0 saturated carbocycles. The SMILES string of the molecule is CC#CCC(=O)c1cccc2c1CCCN2. The molecule has 0 spiro atoms. The highest BCUT2D eigenvalue weighted by molar-refractivity contribution is 6.00. The highest BCUT2D eigenvalue weighted by Crippen LogP contribution is 2.25. The number of benzene rings is 1. The molecule has 1 heterocycles. The van der Waals surface area contributed by atoms with Crippen molar-refractivity contribution in [2.45, 2.75) is 26.2 Å². The maximum absolute atomic E-state index is 11.9. The Morgan fingerprint density at radius 1 is 1.50 bits per heavy atom. The Morgan fingerprint density at radius 3 is 3.19 bits per heavy atom. The molecular weight excluding hydrogens is 198 g/mol. The summed E-state index contributed by atoms with van der Waals surface area (Å²) >= 11 is 0. The van der Waals surface area contributed by atoms with Crippen LogP contribution in [-0.4, -0.2) is 12.3 Å². The fourth-order valence-corrected chi connectivity index (χ4v) is 2.04. The van der Waals surface area contributed by atoms with Gasteiger partial charge in [-0.1, -0.05) is 18.1 Å². The number of Topliss-reactive ketones (excluding diaryl/α,β-unsaturated/α-hetero) is 1. The topological polar surface area (TPSA) is 29.1 Å². The average molecular weight is 213 g/mol. The van der Waals surface area contributed by atoms with E-state index in [1.165, 1.54) is 0 Å². The molecule has 2 rings (SSSR count). The number of ketones is 1. The summed E-state index contributed by atoms with van der Waals surface area (Å²) in [7, 11) is 0. The molecule has 16 heavy (non-hydrogen) atoms. The van der Waals surface area contributed by atoms with Gasteiger partial charge in [-0.25, -0.2) is 0 Å². The Labute approximate surface area is 96.1 Å². The van der Waals surface area contributed by atoms with Gasteiger partial charge in [-0.05, 0) is 31.4 Å². The van der Waals surface area contributed by atoms with Crippen molar-refractivity contribution in [1.29, 1.82) is 0 Å². The number of fused-ring (bicyclic) bond motifs is 1. The van der Waals surface area contributed by atoms with E-state index < -0.39 is 0 Å². The number of carbonyl (C=O) groups is 1. The van der Waals surface area contributed by atoms with Gasteiger partial charge < -0.3 is 5.32 Å². The average Bonchev–Trinajstić information content (AvgIpc) is 2.35. The van der Waals surface area contributed by atoms with Crippen molar-refractivity contribution in [1.82, 2.24) is 0 Å². The lowest BCUT2D eigenvalue weighted by atomic mass is 9.94. The van der Waals surface area contributed by atoms with E-state index in [0.29, 0.717) is 6.42 Å². The zero-order valence-electron chi connectivity index (χ0n) is 9.47. The predicted octanol–water partition coefficient (Wildman–Crippen LogP) is 2.64. The number of carbonyl (C=O) groups excluding carboxylic acids is 1. The molecule has 0 bridgehead atoms. The molecule has 0 saturated heterocycles. The number of nitrogens with one attached hydrogen (secondary N) is 1. The Morgan fingerprint density at radius 2 is 2.38 bits per heavy atom. The van der Waals surface area contributed by atoms with Crippen molar-refractivity contribution in [3.63, 3.8) is 0 Å². The third kappa shape index (κ3) is 2.09. The smallest absolute Gasteiger partial charge is 0.175 e. The molecule has 1 aliphatic heterocycles. The molecule has 0 aliphatic carbocycles. The molecule has 2 nitrogen and oxygen atoms in total. The van der Waals surface area contributed by atoms with Crippen molar-refractivity contribution in [3.8, 4) is 11.8 Å². The van der Waals surface area contributed by atoms with E-state index in [2.05, 4.69) is 17.2 Å². The summed E-state index contributed by atoms with van der Waals surface area (Å²) in [4.78, 5) is 11.9. The summed E-state index contributed by atoms with van der Waals surface area (Å²) < 4.78 is 0. The summed E-state index contributed by atoms with van der Waals surface area (Å²) in [6, 6.07) is 5.88. The largest absolute Gasteiger partial charge is 0.385 e. The predicted molar refractivity (Wildman–Crippen MR) is 65.7 cm³/mol. The van der Waals surface area contributed by atoms with Gasteiger partial charge in [0.25, 0.3) is 0 Å². The third-order valence-electron chi connectivity index (χ3n) is 2.82. The summed E-state index contributed by atoms with van der Waals surface area (Å²) in [5.74, 6) is 5.73. The lowest BCUT2D eigenvalue weighted by Crippen LogP contribution is -2.15. The number of hydrogen-bond donors (Lipinski definition) is 1. The number of hydrogen-bond acceptors (Lipinski definition) is 2. The maximum Gasteiger partial charge on any atom is 0.175 e. The zero-order chi connectivity index (χ0) is 11.4. The molecule has 0 fully saturated rings. The Bertz CT molecular complexity index is 465. The van der Waals surface area contributed by atoms with Crippen LogP contribution in [0.25, 0.3) is 0 Å². The highest BCUT2D eigenvalue weighted by atomic mass is 16.1. The van der Waals surface area contributed by atoms with E-state index in [0.717, 1.165) is 36.2 Å². The van der Waals surface area contributed by atoms with E-state index in [-0.39, 0.29) is 5.78 Å². The fourth-order valence-electron chi connectivity index (χ4n) is 2.04. The van der Waals surface area contributed by atoms with Crippen molar-refractivity contribution >= 4 is 11.5 Å². The molecule has 0 amide bonds. The molecule has 2 heteroatoms. The first-order valence-corrected chi connectivity index (χ1v) is 5.61. The quantitative estimate of drug-likeness (QED) is 0.604. The van der Waals surface area contributed by atoms with Crippen molar-refractivity contribution in [2.75, 3.05) is 11.9 Å². The Balaban J connectivity index is 2.32. The highest BCUT2D eigenvalue weighted by Gasteiger charge is 2.16. The second-order valence-corrected chi connectivity index (χ2v) is 3.89. The van der Waals surface area contributed by atoms with Crippen LogP contribution in [0.1, 0.15) is 35.7 Å². The van der Waals surface area contributed by atoms with Gasteiger partial charge in [-0.2, -0.15) is 0 Å². The van der Waals surface area contributed by atoms with Crippen molar-refractivity contribution in [2.24, 2.45) is 0 Å². The Hall–Kier alpha value is -1.75. The second-order valence-electron chi connectivity index (χ2n) is 3.89. The van der Waals surface area contributed by atoms with Crippen LogP contribution >= 0.6 is 0 Å². The minimum Gasteiger partial charge on any atom is -0.385 e. The second kappa shape index (κ2) is 4.85. The molecule has 1 aromatic carbocycles. The number of anilines is 1. The van der Waals surface area contributed by atoms with Crippen LogP contribution in [0, 0.1) is 11.8 Å². The molecule has 0 radical (unpaired) electrons. The van der Waals surface area contributed by atoms with Crippen LogP contribution in [-0.2, 0) is 6.42 Å². The van der Waals surface area contributed by atoms with E-state index in [4.69, 9.17) is 0 Å². The van der Waals surface area contributed by atoms with Crippen molar-refractivity contribution in [3.05, 3.63) is 29.3 Å². The van der Waals surface area contributed by atoms with Crippen molar-refractivity contribution < 1.29 is 4.79 Å². The molecule has 82 valence electrons. The van der Waals surface area contributed by atoms with Gasteiger partial charge in [0.1, 0.15) is 0 Å². The summed E-state index contributed by atoms with van der Waals surface area (Å²) in [6.45, 7) is 2.76. The van der Waals surface area contributed by atoms with Crippen LogP contribution in [0.15, 0.2) is 18.2 Å². The molecule has 1 N–H and O–H groups in total. The normalized spacial score (nSPS) is 13.1. The fraction of sp³-hybridized carbons (Fsp3) is 0.357. The van der Waals surface area contributed by atoms with E-state index in [1.54, 1.807) is 6.92 Å². The molecule has 1 aromatic rings. The summed E-state index contributed by atoms with van der Waals surface area (Å²) in [5, 5.41) is 3.33. The van der Waals surface area contributed by atoms with Crippen LogP contribution < -0.4 is 5.32 Å². The first-order valence-electron chi connectivity index (χ1n) is 5.61. The van der Waals surface area contributed by atoms with Gasteiger partial charge in [-0.3, -0.25) is 4.79 Å². The third-order valence-corrected chi connectivity index (χ3v) is 2.82. The maximum atomic E-state index is 11.9. The van der Waals surface area contributed by atoms with Crippen LogP contribution in [0.2, 0.25) is 0 Å². The van der Waals surface area contributed by atoms with E-state index >= 15 is 0 Å². The molecule has 1 aliphatic rings. The lowest BCUT2D eigenvalue weighted by molar-refractivity contribution is 0.0997. The van der Waals surface area contributed by atoms with Gasteiger partial charge in [0, 0.05) is 17.8 Å². The lowest BCUT2D eigenvalue weighted by Gasteiger charge is -2.20. The van der Waals surface area contributed by atoms with Crippen LogP contribution in [0.4, 0.5) is 5.69 Å². The van der Waals surface area contributed by atoms with Gasteiger partial charge >= 0.3 is 0 Å². The van der Waals surface area contributed by atoms with Crippen LogP contribution in [0.5, 0.6) is 0 Å². The molecule has 0 atom stereocenters. The summed E-state index contributed by atoms with van der Waals surface area (Å²) in [5.41, 5.74) is 3.12. The monoisotopic (exact) mass is 213 g/mol. The number of rotatable bonds is 2. The van der Waals surface area contributed by atoms with E-state index in [1.807, 2.05) is 18.2 Å². The van der Waals surface area contributed by atoms with Crippen LogP contribution in [0.3, 0.4) is 0 Å². The van der Waals surface area contributed by atoms with Gasteiger partial charge in [0.2, 0.25) is 0 Å². The first kappa shape index (κ1) is 10.8. The van der Waals surface area contributed by atoms with E-state index in [9.17, 15) is 4.79 Å². The Kier molecular flexibility index (Phi) is 3.26. The minimum absolute atomic E-state index is 0.134. The zero-order valence-corrected chi connectivity index (χ0v) is 9.47. The minimum atomic E-state index is 0.134. The molecule has 0 unspecified atom stereocenters. The summed E-state index contributed by atoms with van der Waals surface area (Å²) in [6.07, 6.45) is 2.41. The van der Waals surface area contributed by atoms with Gasteiger partial charge in [0.05, 0.1) is 6.42 Å².